The number of hydrogen-bond donors (Lipinski definition) is 2. The van der Waals surface area contributed by atoms with E-state index in [1.54, 1.807) is 18.2 Å². The van der Waals surface area contributed by atoms with E-state index in [-0.39, 0.29) is 30.7 Å². The van der Waals surface area contributed by atoms with Gasteiger partial charge in [0.2, 0.25) is 0 Å². The number of carbonyl (C=O) groups is 2. The van der Waals surface area contributed by atoms with Crippen LogP contribution in [-0.2, 0) is 4.79 Å². The Bertz CT molecular complexity index is 845. The normalized spacial score (nSPS) is 27.9. The Morgan fingerprint density at radius 3 is 2.45 bits per heavy atom. The van der Waals surface area contributed by atoms with Gasteiger partial charge in [0, 0.05) is 11.6 Å². The SMILES string of the molecule is CC1(C(=O)O)CCC(C(=O)c2ccccc2C2CCCCN2CC(F)(F)C(F)(F)F)N1. The van der Waals surface area contributed by atoms with Crippen LogP contribution in [0.15, 0.2) is 24.3 Å². The Balaban J connectivity index is 1.88. The minimum absolute atomic E-state index is 0.0671. The molecule has 3 rings (SSSR count). The fraction of sp³-hybridized carbons (Fsp3) is 0.619. The maximum absolute atomic E-state index is 13.8. The lowest BCUT2D eigenvalue weighted by molar-refractivity contribution is -0.288. The Hall–Kier alpha value is -2.07. The van der Waals surface area contributed by atoms with Crippen LogP contribution < -0.4 is 5.32 Å². The quantitative estimate of drug-likeness (QED) is 0.505. The molecule has 0 bridgehead atoms. The average Bonchev–Trinajstić information content (AvgIpc) is 3.10. The molecule has 2 N–H and O–H groups in total. The predicted octanol–water partition coefficient (Wildman–Crippen LogP) is 4.19. The van der Waals surface area contributed by atoms with E-state index in [2.05, 4.69) is 5.32 Å². The number of nitrogens with one attached hydrogen (secondary N) is 1. The summed E-state index contributed by atoms with van der Waals surface area (Å²) in [5.74, 6) is -6.32. The highest BCUT2D eigenvalue weighted by molar-refractivity contribution is 6.02. The highest BCUT2D eigenvalue weighted by Crippen LogP contribution is 2.41. The van der Waals surface area contributed by atoms with Gasteiger partial charge in [-0.3, -0.25) is 19.8 Å². The summed E-state index contributed by atoms with van der Waals surface area (Å²) < 4.78 is 65.9. The summed E-state index contributed by atoms with van der Waals surface area (Å²) in [7, 11) is 0. The molecule has 2 fully saturated rings. The number of hydrogen-bond acceptors (Lipinski definition) is 4. The fourth-order valence-electron chi connectivity index (χ4n) is 4.40. The van der Waals surface area contributed by atoms with E-state index in [9.17, 15) is 36.6 Å². The second-order valence-electron chi connectivity index (χ2n) is 8.51. The number of piperidine rings is 1. The number of carbonyl (C=O) groups excluding carboxylic acids is 1. The van der Waals surface area contributed by atoms with Crippen molar-refractivity contribution in [2.24, 2.45) is 0 Å². The number of Topliss-reactive ketones (excluding diaryl/α,β-unsaturated/α-hetero) is 1. The lowest BCUT2D eigenvalue weighted by atomic mass is 9.88. The molecule has 0 aromatic heterocycles. The van der Waals surface area contributed by atoms with Gasteiger partial charge in [0.15, 0.2) is 5.78 Å². The van der Waals surface area contributed by atoms with Crippen molar-refractivity contribution in [1.82, 2.24) is 10.2 Å². The van der Waals surface area contributed by atoms with Gasteiger partial charge < -0.3 is 5.11 Å². The third kappa shape index (κ3) is 4.74. The van der Waals surface area contributed by atoms with Crippen LogP contribution in [0.4, 0.5) is 22.0 Å². The zero-order valence-electron chi connectivity index (χ0n) is 17.0. The third-order valence-electron chi connectivity index (χ3n) is 6.23. The Labute approximate surface area is 176 Å². The second-order valence-corrected chi connectivity index (χ2v) is 8.51. The lowest BCUT2D eigenvalue weighted by Gasteiger charge is -2.39. The number of ketones is 1. The van der Waals surface area contributed by atoms with Gasteiger partial charge in [0.1, 0.15) is 5.54 Å². The van der Waals surface area contributed by atoms with Crippen molar-refractivity contribution in [3.63, 3.8) is 0 Å². The van der Waals surface area contributed by atoms with E-state index in [0.717, 1.165) is 4.90 Å². The van der Waals surface area contributed by atoms with E-state index >= 15 is 0 Å². The van der Waals surface area contributed by atoms with E-state index in [0.29, 0.717) is 24.8 Å². The first-order valence-corrected chi connectivity index (χ1v) is 10.2. The molecule has 1 aromatic carbocycles. The van der Waals surface area contributed by atoms with Gasteiger partial charge in [-0.1, -0.05) is 30.7 Å². The molecule has 31 heavy (non-hydrogen) atoms. The van der Waals surface area contributed by atoms with E-state index in [4.69, 9.17) is 0 Å². The zero-order chi connectivity index (χ0) is 23.0. The number of alkyl halides is 5. The molecule has 2 aliphatic rings. The van der Waals surface area contributed by atoms with Gasteiger partial charge in [-0.2, -0.15) is 22.0 Å². The molecular formula is C21H25F5N2O3. The Kier molecular flexibility index (Phi) is 6.44. The Morgan fingerprint density at radius 1 is 1.16 bits per heavy atom. The van der Waals surface area contributed by atoms with Crippen LogP contribution in [0.3, 0.4) is 0 Å². The first-order valence-electron chi connectivity index (χ1n) is 10.2. The maximum atomic E-state index is 13.8. The van der Waals surface area contributed by atoms with Crippen molar-refractivity contribution >= 4 is 11.8 Å². The third-order valence-corrected chi connectivity index (χ3v) is 6.23. The number of carboxylic acid groups (broad SMARTS) is 1. The predicted molar refractivity (Wildman–Crippen MR) is 102 cm³/mol. The van der Waals surface area contributed by atoms with Crippen LogP contribution in [0.5, 0.6) is 0 Å². The van der Waals surface area contributed by atoms with Crippen molar-refractivity contribution in [3.8, 4) is 0 Å². The molecule has 0 amide bonds. The average molecular weight is 448 g/mol. The molecule has 2 aliphatic heterocycles. The molecular weight excluding hydrogens is 423 g/mol. The van der Waals surface area contributed by atoms with Crippen molar-refractivity contribution < 1.29 is 36.6 Å². The molecule has 10 heteroatoms. The topological polar surface area (TPSA) is 69.6 Å². The fourth-order valence-corrected chi connectivity index (χ4v) is 4.40. The molecule has 0 radical (unpaired) electrons. The van der Waals surface area contributed by atoms with Gasteiger partial charge in [0.25, 0.3) is 0 Å². The van der Waals surface area contributed by atoms with Crippen LogP contribution in [0.1, 0.15) is 61.0 Å². The molecule has 2 saturated heterocycles. The number of rotatable bonds is 6. The summed E-state index contributed by atoms with van der Waals surface area (Å²) in [6, 6.07) is 4.78. The number of nitrogens with zero attached hydrogens (tertiary/aromatic N) is 1. The number of halogens is 5. The van der Waals surface area contributed by atoms with Crippen molar-refractivity contribution in [2.75, 3.05) is 13.1 Å². The molecule has 0 aliphatic carbocycles. The van der Waals surface area contributed by atoms with Gasteiger partial charge in [-0.05, 0) is 44.7 Å². The molecule has 5 nitrogen and oxygen atoms in total. The number of likely N-dealkylation sites (tertiary alicyclic amines) is 1. The zero-order valence-corrected chi connectivity index (χ0v) is 17.0. The van der Waals surface area contributed by atoms with Gasteiger partial charge in [0.05, 0.1) is 12.6 Å². The van der Waals surface area contributed by atoms with Crippen molar-refractivity contribution in [2.45, 2.75) is 68.7 Å². The van der Waals surface area contributed by atoms with Crippen molar-refractivity contribution in [3.05, 3.63) is 35.4 Å². The highest BCUT2D eigenvalue weighted by Gasteiger charge is 2.58. The summed E-state index contributed by atoms with van der Waals surface area (Å²) in [5, 5.41) is 12.2. The number of benzene rings is 1. The van der Waals surface area contributed by atoms with E-state index in [1.165, 1.54) is 13.0 Å². The largest absolute Gasteiger partial charge is 0.480 e. The molecule has 3 atom stereocenters. The first-order chi connectivity index (χ1) is 14.4. The summed E-state index contributed by atoms with van der Waals surface area (Å²) in [6.45, 7) is 0.0800. The van der Waals surface area contributed by atoms with Gasteiger partial charge >= 0.3 is 18.1 Å². The molecule has 3 unspecified atom stereocenters. The van der Waals surface area contributed by atoms with Crippen LogP contribution in [0, 0.1) is 0 Å². The minimum Gasteiger partial charge on any atom is -0.480 e. The van der Waals surface area contributed by atoms with Crippen LogP contribution in [-0.4, -0.2) is 58.5 Å². The summed E-state index contributed by atoms with van der Waals surface area (Å²) in [4.78, 5) is 25.7. The molecule has 0 saturated carbocycles. The molecule has 2 heterocycles. The van der Waals surface area contributed by atoms with Gasteiger partial charge in [-0.25, -0.2) is 0 Å². The van der Waals surface area contributed by atoms with Crippen LogP contribution >= 0.6 is 0 Å². The summed E-state index contributed by atoms with van der Waals surface area (Å²) in [5.41, 5.74) is -0.626. The highest BCUT2D eigenvalue weighted by atomic mass is 19.4. The molecule has 0 spiro atoms. The summed E-state index contributed by atoms with van der Waals surface area (Å²) >= 11 is 0. The van der Waals surface area contributed by atoms with Crippen LogP contribution in [0.2, 0.25) is 0 Å². The minimum atomic E-state index is -5.65. The maximum Gasteiger partial charge on any atom is 0.454 e. The standard InChI is InChI=1S/C21H25F5N2O3/c1-19(18(30)31)10-9-15(27-19)17(29)14-7-3-2-6-13(14)16-8-4-5-11-28(16)12-20(22,23)21(24,25)26/h2-3,6-7,15-16,27H,4-5,8-12H2,1H3,(H,30,31). The van der Waals surface area contributed by atoms with E-state index in [1.807, 2.05) is 0 Å². The van der Waals surface area contributed by atoms with Gasteiger partial charge in [-0.15, -0.1) is 0 Å². The number of carboxylic acids is 1. The first kappa shape index (κ1) is 23.6. The monoisotopic (exact) mass is 448 g/mol. The smallest absolute Gasteiger partial charge is 0.454 e. The van der Waals surface area contributed by atoms with Crippen molar-refractivity contribution in [1.29, 1.82) is 0 Å². The number of aliphatic carboxylic acids is 1. The lowest BCUT2D eigenvalue weighted by Crippen LogP contribution is -2.50. The molecule has 172 valence electrons. The van der Waals surface area contributed by atoms with E-state index < -0.39 is 42.2 Å². The van der Waals surface area contributed by atoms with Crippen LogP contribution in [0.25, 0.3) is 0 Å². The second kappa shape index (κ2) is 8.46. The Morgan fingerprint density at radius 2 is 1.84 bits per heavy atom. The molecule has 1 aromatic rings. The summed E-state index contributed by atoms with van der Waals surface area (Å²) in [6.07, 6.45) is -3.64.